The van der Waals surface area contributed by atoms with Crippen LogP contribution in [0.3, 0.4) is 0 Å². The second-order valence-electron chi connectivity index (χ2n) is 10.3. The van der Waals surface area contributed by atoms with Crippen molar-refractivity contribution < 1.29 is 0 Å². The number of benzene rings is 4. The molecule has 0 aliphatic heterocycles. The first-order valence-electron chi connectivity index (χ1n) is 14.1. The Morgan fingerprint density at radius 1 is 0.436 bits per heavy atom. The van der Waals surface area contributed by atoms with Crippen molar-refractivity contribution in [2.45, 2.75) is 74.1 Å². The monoisotopic (exact) mass is 514 g/mol. The Morgan fingerprint density at radius 2 is 0.769 bits per heavy atom. The van der Waals surface area contributed by atoms with Gasteiger partial charge in [0.2, 0.25) is 0 Å². The van der Waals surface area contributed by atoms with Crippen LogP contribution in [0.2, 0.25) is 0 Å². The molecule has 0 atom stereocenters. The Balaban J connectivity index is 1.82. The normalized spacial score (nSPS) is 11.9. The molecular formula is C33H34N6. The third-order valence-electron chi connectivity index (χ3n) is 8.17. The highest BCUT2D eigenvalue weighted by Crippen LogP contribution is 2.45. The van der Waals surface area contributed by atoms with Crippen molar-refractivity contribution >= 4 is 32.3 Å². The number of nitrogens with zero attached hydrogens (tertiary/aromatic N) is 6. The first-order valence-corrected chi connectivity index (χ1v) is 14.1. The van der Waals surface area contributed by atoms with Crippen LogP contribution in [0.25, 0.3) is 55.1 Å². The van der Waals surface area contributed by atoms with Crippen LogP contribution >= 0.6 is 0 Å². The Kier molecular flexibility index (Phi) is 6.21. The van der Waals surface area contributed by atoms with Gasteiger partial charge >= 0.3 is 0 Å². The van der Waals surface area contributed by atoms with Crippen molar-refractivity contribution in [2.75, 3.05) is 0 Å². The summed E-state index contributed by atoms with van der Waals surface area (Å²) in [5.41, 5.74) is 5.98. The van der Waals surface area contributed by atoms with Crippen molar-refractivity contribution in [3.8, 4) is 22.8 Å². The molecule has 0 N–H and O–H groups in total. The Morgan fingerprint density at radius 3 is 1.13 bits per heavy atom. The predicted octanol–water partition coefficient (Wildman–Crippen LogP) is 7.46. The molecule has 39 heavy (non-hydrogen) atoms. The topological polar surface area (TPSA) is 77.3 Å². The van der Waals surface area contributed by atoms with E-state index in [-0.39, 0.29) is 0 Å². The second-order valence-corrected chi connectivity index (χ2v) is 10.3. The average Bonchev–Trinajstić information content (AvgIpc) is 2.98. The Hall–Kier alpha value is -4.06. The Labute approximate surface area is 229 Å². The van der Waals surface area contributed by atoms with E-state index in [0.717, 1.165) is 70.9 Å². The molecule has 0 aliphatic carbocycles. The SMILES string of the molecule is CCc1nc(CC)nc(-c2cc(-c3nc(CC)nc(CC)n3)c3ccc4c(C)c(C)c(C)c5ccc2c3c54)n1. The molecule has 0 saturated carbocycles. The van der Waals surface area contributed by atoms with Gasteiger partial charge in [-0.25, -0.2) is 29.9 Å². The fourth-order valence-corrected chi connectivity index (χ4v) is 5.73. The van der Waals surface area contributed by atoms with Crippen molar-refractivity contribution in [3.05, 3.63) is 70.3 Å². The summed E-state index contributed by atoms with van der Waals surface area (Å²) in [5, 5.41) is 7.36. The van der Waals surface area contributed by atoms with Crippen molar-refractivity contribution in [1.29, 1.82) is 0 Å². The summed E-state index contributed by atoms with van der Waals surface area (Å²) < 4.78 is 0. The summed E-state index contributed by atoms with van der Waals surface area (Å²) in [4.78, 5) is 29.0. The molecule has 6 rings (SSSR count). The lowest BCUT2D eigenvalue weighted by Crippen LogP contribution is -2.06. The van der Waals surface area contributed by atoms with E-state index in [1.54, 1.807) is 0 Å². The highest BCUT2D eigenvalue weighted by molar-refractivity contribution is 6.28. The molecule has 6 nitrogen and oxygen atoms in total. The minimum atomic E-state index is 0.711. The van der Waals surface area contributed by atoms with Gasteiger partial charge < -0.3 is 0 Å². The lowest BCUT2D eigenvalue weighted by molar-refractivity contribution is 0.830. The molecule has 0 unspecified atom stereocenters. The third-order valence-corrected chi connectivity index (χ3v) is 8.17. The zero-order valence-electron chi connectivity index (χ0n) is 23.9. The average molecular weight is 515 g/mol. The molecular weight excluding hydrogens is 480 g/mol. The van der Waals surface area contributed by atoms with E-state index in [0.29, 0.717) is 11.6 Å². The smallest absolute Gasteiger partial charge is 0.163 e. The highest BCUT2D eigenvalue weighted by Gasteiger charge is 2.22. The molecule has 0 amide bonds. The van der Waals surface area contributed by atoms with Crippen molar-refractivity contribution in [1.82, 2.24) is 29.9 Å². The van der Waals surface area contributed by atoms with Gasteiger partial charge in [-0.15, -0.1) is 0 Å². The maximum absolute atomic E-state index is 4.93. The first-order chi connectivity index (χ1) is 18.9. The molecule has 4 aromatic carbocycles. The fourth-order valence-electron chi connectivity index (χ4n) is 5.73. The largest absolute Gasteiger partial charge is 0.218 e. The summed E-state index contributed by atoms with van der Waals surface area (Å²) >= 11 is 0. The van der Waals surface area contributed by atoms with Gasteiger partial charge in [-0.1, -0.05) is 52.0 Å². The maximum Gasteiger partial charge on any atom is 0.163 e. The van der Waals surface area contributed by atoms with Gasteiger partial charge in [0, 0.05) is 36.8 Å². The van der Waals surface area contributed by atoms with Gasteiger partial charge in [0.1, 0.15) is 23.3 Å². The fraction of sp³-hybridized carbons (Fsp3) is 0.333. The number of rotatable bonds is 6. The van der Waals surface area contributed by atoms with Gasteiger partial charge in [-0.3, -0.25) is 0 Å². The third kappa shape index (κ3) is 3.92. The zero-order chi connectivity index (χ0) is 27.4. The van der Waals surface area contributed by atoms with Crippen LogP contribution in [0.1, 0.15) is 67.7 Å². The summed E-state index contributed by atoms with van der Waals surface area (Å²) in [6.07, 6.45) is 3.02. The van der Waals surface area contributed by atoms with E-state index in [9.17, 15) is 0 Å². The minimum absolute atomic E-state index is 0.711. The van der Waals surface area contributed by atoms with Crippen LogP contribution < -0.4 is 0 Å². The van der Waals surface area contributed by atoms with Crippen LogP contribution in [0.4, 0.5) is 0 Å². The van der Waals surface area contributed by atoms with Crippen LogP contribution in [-0.2, 0) is 25.7 Å². The van der Waals surface area contributed by atoms with E-state index in [2.05, 4.69) is 88.8 Å². The first kappa shape index (κ1) is 25.2. The van der Waals surface area contributed by atoms with Gasteiger partial charge in [-0.2, -0.15) is 0 Å². The van der Waals surface area contributed by atoms with E-state index in [1.165, 1.54) is 38.2 Å². The van der Waals surface area contributed by atoms with Gasteiger partial charge in [0.15, 0.2) is 11.6 Å². The number of hydrogen-bond donors (Lipinski definition) is 0. The number of aromatic nitrogens is 6. The highest BCUT2D eigenvalue weighted by atomic mass is 15.0. The molecule has 0 bridgehead atoms. The van der Waals surface area contributed by atoms with E-state index in [4.69, 9.17) is 19.9 Å². The lowest BCUT2D eigenvalue weighted by atomic mass is 9.84. The summed E-state index contributed by atoms with van der Waals surface area (Å²) in [7, 11) is 0. The Bertz CT molecular complexity index is 1710. The summed E-state index contributed by atoms with van der Waals surface area (Å²) in [6.45, 7) is 15.0. The number of hydrogen-bond acceptors (Lipinski definition) is 6. The standard InChI is InChI=1S/C33H34N6/c1-8-26-34-27(9-2)37-32(36-26)24-16-25(33-38-28(10-3)35-29(11-4)39-33)23-15-13-21-19(7)17(5)18(6)20-12-14-22(24)31(23)30(20)21/h12-16H,8-11H2,1-7H3. The van der Waals surface area contributed by atoms with Crippen LogP contribution in [0.15, 0.2) is 30.3 Å². The van der Waals surface area contributed by atoms with Crippen LogP contribution in [0.5, 0.6) is 0 Å². The molecule has 0 saturated heterocycles. The molecule has 6 aromatic rings. The van der Waals surface area contributed by atoms with Gasteiger partial charge in [-0.05, 0) is 75.8 Å². The van der Waals surface area contributed by atoms with Crippen molar-refractivity contribution in [2.24, 2.45) is 0 Å². The predicted molar refractivity (Wildman–Crippen MR) is 160 cm³/mol. The summed E-state index contributed by atoms with van der Waals surface area (Å²) in [6, 6.07) is 11.2. The molecule has 0 radical (unpaired) electrons. The van der Waals surface area contributed by atoms with Crippen molar-refractivity contribution in [3.63, 3.8) is 0 Å². The number of aryl methyl sites for hydroxylation is 6. The molecule has 2 heterocycles. The van der Waals surface area contributed by atoms with Crippen LogP contribution in [-0.4, -0.2) is 29.9 Å². The molecule has 0 spiro atoms. The second kappa shape index (κ2) is 9.60. The zero-order valence-corrected chi connectivity index (χ0v) is 23.9. The molecule has 6 heteroatoms. The molecule has 0 aliphatic rings. The molecule has 2 aromatic heterocycles. The van der Waals surface area contributed by atoms with Crippen LogP contribution in [0, 0.1) is 20.8 Å². The quantitative estimate of drug-likeness (QED) is 0.215. The van der Waals surface area contributed by atoms with Gasteiger partial charge in [0.25, 0.3) is 0 Å². The van der Waals surface area contributed by atoms with Gasteiger partial charge in [0.05, 0.1) is 0 Å². The lowest BCUT2D eigenvalue weighted by Gasteiger charge is -2.20. The molecule has 0 fully saturated rings. The van der Waals surface area contributed by atoms with E-state index >= 15 is 0 Å². The summed E-state index contributed by atoms with van der Waals surface area (Å²) in [5.74, 6) is 4.67. The van der Waals surface area contributed by atoms with E-state index in [1.807, 2.05) is 0 Å². The minimum Gasteiger partial charge on any atom is -0.218 e. The van der Waals surface area contributed by atoms with E-state index < -0.39 is 0 Å². The maximum atomic E-state index is 4.93. The molecule has 196 valence electrons.